The van der Waals surface area contributed by atoms with E-state index < -0.39 is 0 Å². The van der Waals surface area contributed by atoms with Gasteiger partial charge in [0.25, 0.3) is 0 Å². The van der Waals surface area contributed by atoms with Gasteiger partial charge in [0.15, 0.2) is 0 Å². The number of thiophene rings is 1. The van der Waals surface area contributed by atoms with Gasteiger partial charge in [-0.05, 0) is 89.0 Å². The van der Waals surface area contributed by atoms with E-state index in [1.165, 1.54) is 91.7 Å². The molecule has 0 fully saturated rings. The van der Waals surface area contributed by atoms with Gasteiger partial charge in [0.2, 0.25) is 0 Å². The fourth-order valence-corrected chi connectivity index (χ4v) is 9.26. The van der Waals surface area contributed by atoms with Crippen LogP contribution in [0.3, 0.4) is 0 Å². The number of rotatable bonds is 4. The SMILES string of the molecule is c1ccc(-c2cccc(-c3ccc(-n4c5ccccc5c5cc6c7cc8c(cc7n(-c7ccccc7)c6cc54)sc4ccccc48)cc3)c2)cc1. The van der Waals surface area contributed by atoms with E-state index in [0.29, 0.717) is 0 Å². The van der Waals surface area contributed by atoms with E-state index >= 15 is 0 Å². The van der Waals surface area contributed by atoms with Crippen molar-refractivity contribution in [3.05, 3.63) is 182 Å². The maximum absolute atomic E-state index is 2.46. The van der Waals surface area contributed by atoms with Gasteiger partial charge < -0.3 is 9.13 Å². The van der Waals surface area contributed by atoms with Crippen molar-refractivity contribution in [2.24, 2.45) is 0 Å². The van der Waals surface area contributed by atoms with E-state index in [1.807, 2.05) is 11.3 Å². The minimum atomic E-state index is 1.15. The molecule has 0 unspecified atom stereocenters. The van der Waals surface area contributed by atoms with Gasteiger partial charge in [-0.3, -0.25) is 0 Å². The van der Waals surface area contributed by atoms with E-state index in [9.17, 15) is 0 Å². The van der Waals surface area contributed by atoms with Crippen LogP contribution in [0.4, 0.5) is 0 Å². The third kappa shape index (κ3) is 4.35. The smallest absolute Gasteiger partial charge is 0.0562 e. The Labute approximate surface area is 298 Å². The molecular formula is C48H30N2S. The molecule has 0 amide bonds. The molecule has 2 nitrogen and oxygen atoms in total. The Kier molecular flexibility index (Phi) is 6.16. The van der Waals surface area contributed by atoms with E-state index in [-0.39, 0.29) is 0 Å². The first-order valence-electron chi connectivity index (χ1n) is 17.4. The van der Waals surface area contributed by atoms with Crippen LogP contribution in [0.15, 0.2) is 182 Å². The number of para-hydroxylation sites is 2. The summed E-state index contributed by atoms with van der Waals surface area (Å²) in [6, 6.07) is 66.6. The van der Waals surface area contributed by atoms with Crippen molar-refractivity contribution in [1.29, 1.82) is 0 Å². The molecule has 51 heavy (non-hydrogen) atoms. The Morgan fingerprint density at radius 2 is 0.804 bits per heavy atom. The molecule has 0 aliphatic heterocycles. The lowest BCUT2D eigenvalue weighted by Crippen LogP contribution is -1.96. The zero-order chi connectivity index (χ0) is 33.5. The monoisotopic (exact) mass is 666 g/mol. The minimum absolute atomic E-state index is 1.15. The van der Waals surface area contributed by atoms with Crippen LogP contribution >= 0.6 is 11.3 Å². The van der Waals surface area contributed by atoms with Crippen molar-refractivity contribution >= 4 is 75.1 Å². The molecule has 3 heteroatoms. The number of hydrogen-bond donors (Lipinski definition) is 0. The Morgan fingerprint density at radius 3 is 1.57 bits per heavy atom. The predicted octanol–water partition coefficient (Wildman–Crippen LogP) is 13.6. The minimum Gasteiger partial charge on any atom is -0.309 e. The van der Waals surface area contributed by atoms with Crippen LogP contribution in [0.5, 0.6) is 0 Å². The van der Waals surface area contributed by atoms with Gasteiger partial charge in [-0.1, -0.05) is 115 Å². The zero-order valence-electron chi connectivity index (χ0n) is 27.6. The molecule has 0 bridgehead atoms. The fraction of sp³-hybridized carbons (Fsp3) is 0. The molecular weight excluding hydrogens is 637 g/mol. The fourth-order valence-electron chi connectivity index (χ4n) is 8.14. The highest BCUT2D eigenvalue weighted by molar-refractivity contribution is 7.25. The average Bonchev–Trinajstić information content (AvgIpc) is 3.83. The summed E-state index contributed by atoms with van der Waals surface area (Å²) < 4.78 is 7.54. The molecule has 0 spiro atoms. The van der Waals surface area contributed by atoms with Gasteiger partial charge in [0, 0.05) is 53.1 Å². The molecule has 11 aromatic rings. The van der Waals surface area contributed by atoms with Crippen molar-refractivity contribution in [1.82, 2.24) is 9.13 Å². The number of nitrogens with zero attached hydrogens (tertiary/aromatic N) is 2. The van der Waals surface area contributed by atoms with E-state index in [1.54, 1.807) is 0 Å². The lowest BCUT2D eigenvalue weighted by atomic mass is 9.99. The normalized spacial score (nSPS) is 11.9. The number of benzene rings is 8. The molecule has 0 aliphatic rings. The van der Waals surface area contributed by atoms with Crippen LogP contribution in [-0.4, -0.2) is 9.13 Å². The second kappa shape index (κ2) is 11.0. The predicted molar refractivity (Wildman–Crippen MR) is 219 cm³/mol. The third-order valence-corrected chi connectivity index (χ3v) is 11.6. The summed E-state index contributed by atoms with van der Waals surface area (Å²) >= 11 is 1.88. The maximum atomic E-state index is 2.46. The standard InChI is InChI=1S/C48H30N2S/c1-3-12-31(13-4-1)33-14-11-15-34(26-33)32-22-24-36(25-23-32)49-43-20-9-7-18-37(43)39-27-40-41-28-42-38-19-8-10-21-47(38)51-48(42)30-46(41)50(45(40)29-44(39)49)35-16-5-2-6-17-35/h1-30H. The van der Waals surface area contributed by atoms with Crippen LogP contribution in [0.25, 0.3) is 97.4 Å². The molecule has 0 atom stereocenters. The summed E-state index contributed by atoms with van der Waals surface area (Å²) in [6.07, 6.45) is 0. The molecule has 0 aliphatic carbocycles. The topological polar surface area (TPSA) is 9.86 Å². The number of hydrogen-bond acceptors (Lipinski definition) is 1. The Bertz CT molecular complexity index is 3110. The molecule has 238 valence electrons. The van der Waals surface area contributed by atoms with Gasteiger partial charge >= 0.3 is 0 Å². The van der Waals surface area contributed by atoms with Crippen LogP contribution in [0.2, 0.25) is 0 Å². The van der Waals surface area contributed by atoms with Crippen molar-refractivity contribution in [3.63, 3.8) is 0 Å². The molecule has 3 aromatic heterocycles. The first-order chi connectivity index (χ1) is 25.3. The van der Waals surface area contributed by atoms with Gasteiger partial charge in [-0.2, -0.15) is 0 Å². The largest absolute Gasteiger partial charge is 0.309 e. The first-order valence-corrected chi connectivity index (χ1v) is 18.2. The summed E-state index contributed by atoms with van der Waals surface area (Å²) in [5.74, 6) is 0. The molecule has 0 N–H and O–H groups in total. The van der Waals surface area contributed by atoms with Gasteiger partial charge in [0.05, 0.1) is 22.1 Å². The Balaban J connectivity index is 1.15. The van der Waals surface area contributed by atoms with Gasteiger partial charge in [-0.25, -0.2) is 0 Å². The molecule has 8 aromatic carbocycles. The quantitative estimate of drug-likeness (QED) is 0.177. The highest BCUT2D eigenvalue weighted by Crippen LogP contribution is 2.43. The maximum Gasteiger partial charge on any atom is 0.0562 e. The van der Waals surface area contributed by atoms with E-state index in [4.69, 9.17) is 0 Å². The van der Waals surface area contributed by atoms with Gasteiger partial charge in [0.1, 0.15) is 0 Å². The molecule has 3 heterocycles. The second-order valence-electron chi connectivity index (χ2n) is 13.4. The van der Waals surface area contributed by atoms with Crippen LogP contribution in [0.1, 0.15) is 0 Å². The van der Waals surface area contributed by atoms with Crippen molar-refractivity contribution in [2.75, 3.05) is 0 Å². The van der Waals surface area contributed by atoms with Crippen molar-refractivity contribution < 1.29 is 0 Å². The highest BCUT2D eigenvalue weighted by atomic mass is 32.1. The van der Waals surface area contributed by atoms with Crippen molar-refractivity contribution in [2.45, 2.75) is 0 Å². The highest BCUT2D eigenvalue weighted by Gasteiger charge is 2.20. The third-order valence-electron chi connectivity index (χ3n) is 10.5. The number of aromatic nitrogens is 2. The molecule has 0 radical (unpaired) electrons. The van der Waals surface area contributed by atoms with Gasteiger partial charge in [-0.15, -0.1) is 11.3 Å². The van der Waals surface area contributed by atoms with Crippen LogP contribution in [0, 0.1) is 0 Å². The van der Waals surface area contributed by atoms with Crippen LogP contribution < -0.4 is 0 Å². The summed E-state index contributed by atoms with van der Waals surface area (Å²) in [6.45, 7) is 0. The lowest BCUT2D eigenvalue weighted by molar-refractivity contribution is 1.17. The summed E-state index contributed by atoms with van der Waals surface area (Å²) in [7, 11) is 0. The summed E-state index contributed by atoms with van der Waals surface area (Å²) in [4.78, 5) is 0. The Morgan fingerprint density at radius 1 is 0.275 bits per heavy atom. The van der Waals surface area contributed by atoms with E-state index in [2.05, 4.69) is 191 Å². The molecule has 0 saturated heterocycles. The van der Waals surface area contributed by atoms with Crippen molar-refractivity contribution in [3.8, 4) is 33.6 Å². The van der Waals surface area contributed by atoms with Crippen LogP contribution in [-0.2, 0) is 0 Å². The first kappa shape index (κ1) is 28.4. The number of fused-ring (bicyclic) bond motifs is 9. The molecule has 0 saturated carbocycles. The molecule has 11 rings (SSSR count). The Hall–Kier alpha value is -6.42. The average molecular weight is 667 g/mol. The van der Waals surface area contributed by atoms with E-state index in [0.717, 1.165) is 5.69 Å². The summed E-state index contributed by atoms with van der Waals surface area (Å²) in [5.41, 5.74) is 12.1. The zero-order valence-corrected chi connectivity index (χ0v) is 28.4. The summed E-state index contributed by atoms with van der Waals surface area (Å²) in [5, 5.41) is 7.73. The lowest BCUT2D eigenvalue weighted by Gasteiger charge is -2.11. The second-order valence-corrected chi connectivity index (χ2v) is 14.5.